The van der Waals surface area contributed by atoms with E-state index >= 15 is 0 Å². The molecule has 130 valence electrons. The van der Waals surface area contributed by atoms with Gasteiger partial charge in [0.05, 0.1) is 10.0 Å². The van der Waals surface area contributed by atoms with Crippen LogP contribution in [0.4, 0.5) is 0 Å². The van der Waals surface area contributed by atoms with Gasteiger partial charge >= 0.3 is 0 Å². The average Bonchev–Trinajstić information content (AvgIpc) is 2.87. The van der Waals surface area contributed by atoms with Gasteiger partial charge in [-0.1, -0.05) is 63.1 Å². The summed E-state index contributed by atoms with van der Waals surface area (Å²) >= 11 is 14.6. The fourth-order valence-electron chi connectivity index (χ4n) is 4.23. The van der Waals surface area contributed by atoms with Crippen LogP contribution in [0.15, 0.2) is 33.5 Å². The molecule has 0 amide bonds. The van der Waals surface area contributed by atoms with Crippen LogP contribution in [-0.2, 0) is 4.84 Å². The van der Waals surface area contributed by atoms with E-state index in [1.54, 1.807) is 7.11 Å². The molecule has 2 aliphatic rings. The first-order valence-electron chi connectivity index (χ1n) is 8.18. The van der Waals surface area contributed by atoms with Gasteiger partial charge in [-0.05, 0) is 47.0 Å². The standard InChI is InChI=1S/C18H21Cl2IN2O/c1-24-22-11-15-14(12-3-5-16(19)17(20)9-12)10-13-4-6-18(15)23(13)8-2-7-21/h2-3,5,7,9,11,13-15,18H,4,6,8,10H2,1H3/b7-2+,22-11+/t13-,14+,15+,18+/m0/s1. The summed E-state index contributed by atoms with van der Waals surface area (Å²) in [6, 6.07) is 7.13. The number of benzene rings is 1. The highest BCUT2D eigenvalue weighted by Gasteiger charge is 2.46. The van der Waals surface area contributed by atoms with Crippen LogP contribution in [0.3, 0.4) is 0 Å². The van der Waals surface area contributed by atoms with Gasteiger partial charge in [0.2, 0.25) is 0 Å². The predicted octanol–water partition coefficient (Wildman–Crippen LogP) is 5.51. The van der Waals surface area contributed by atoms with Gasteiger partial charge in [-0.2, -0.15) is 0 Å². The first-order chi connectivity index (χ1) is 11.7. The normalized spacial score (nSPS) is 30.5. The van der Waals surface area contributed by atoms with E-state index in [0.29, 0.717) is 34.0 Å². The molecule has 3 rings (SSSR count). The molecule has 2 fully saturated rings. The van der Waals surface area contributed by atoms with Crippen LogP contribution in [0, 0.1) is 5.92 Å². The SMILES string of the molecule is CO/N=C/[C@@H]1[C@@H](c2ccc(Cl)c(Cl)c2)C[C@@H]2CC[C@H]1N2C/C=C/I. The minimum Gasteiger partial charge on any atom is -0.399 e. The van der Waals surface area contributed by atoms with E-state index in [2.05, 4.69) is 48.9 Å². The molecule has 0 saturated carbocycles. The third kappa shape index (κ3) is 3.76. The maximum absolute atomic E-state index is 6.26. The van der Waals surface area contributed by atoms with E-state index in [1.807, 2.05) is 18.3 Å². The first kappa shape index (κ1) is 18.5. The van der Waals surface area contributed by atoms with Crippen molar-refractivity contribution in [1.29, 1.82) is 0 Å². The lowest BCUT2D eigenvalue weighted by Crippen LogP contribution is -2.48. The molecular weight excluding hydrogens is 458 g/mol. The van der Waals surface area contributed by atoms with Gasteiger partial charge in [-0.3, -0.25) is 4.90 Å². The average molecular weight is 479 g/mol. The Kier molecular flexibility index (Phi) is 6.46. The third-order valence-corrected chi connectivity index (χ3v) is 6.49. The minimum absolute atomic E-state index is 0.323. The molecule has 0 aliphatic carbocycles. The van der Waals surface area contributed by atoms with Crippen molar-refractivity contribution in [2.24, 2.45) is 11.1 Å². The Balaban J connectivity index is 1.91. The highest BCUT2D eigenvalue weighted by Crippen LogP contribution is 2.46. The summed E-state index contributed by atoms with van der Waals surface area (Å²) < 4.78 is 2.10. The molecule has 24 heavy (non-hydrogen) atoms. The van der Waals surface area contributed by atoms with E-state index in [0.717, 1.165) is 13.0 Å². The third-order valence-electron chi connectivity index (χ3n) is 5.24. The van der Waals surface area contributed by atoms with Crippen LogP contribution >= 0.6 is 45.8 Å². The minimum atomic E-state index is 0.323. The molecule has 1 aromatic carbocycles. The van der Waals surface area contributed by atoms with Crippen molar-refractivity contribution in [1.82, 2.24) is 4.90 Å². The fourth-order valence-corrected chi connectivity index (χ4v) is 4.77. The summed E-state index contributed by atoms with van der Waals surface area (Å²) in [6.45, 7) is 1.00. The smallest absolute Gasteiger partial charge is 0.106 e. The summed E-state index contributed by atoms with van der Waals surface area (Å²) in [5.74, 6) is 0.722. The first-order valence-corrected chi connectivity index (χ1v) is 10.2. The quantitative estimate of drug-likeness (QED) is 0.316. The number of piperidine rings is 1. The number of hydrogen-bond acceptors (Lipinski definition) is 3. The van der Waals surface area contributed by atoms with Crippen molar-refractivity contribution < 1.29 is 4.84 Å². The monoisotopic (exact) mass is 478 g/mol. The number of halogens is 3. The molecule has 3 nitrogen and oxygen atoms in total. The van der Waals surface area contributed by atoms with Gasteiger partial charge in [0, 0.05) is 30.8 Å². The molecule has 0 spiro atoms. The molecule has 0 N–H and O–H groups in total. The van der Waals surface area contributed by atoms with Crippen molar-refractivity contribution >= 4 is 52.0 Å². The molecule has 0 radical (unpaired) electrons. The highest BCUT2D eigenvalue weighted by atomic mass is 127. The van der Waals surface area contributed by atoms with Crippen LogP contribution in [-0.4, -0.2) is 36.9 Å². The van der Waals surface area contributed by atoms with Gasteiger partial charge in [-0.15, -0.1) is 0 Å². The molecule has 0 aromatic heterocycles. The highest BCUT2D eigenvalue weighted by molar-refractivity contribution is 14.1. The molecule has 0 unspecified atom stereocenters. The van der Waals surface area contributed by atoms with E-state index in [1.165, 1.54) is 18.4 Å². The van der Waals surface area contributed by atoms with Gasteiger partial charge in [-0.25, -0.2) is 0 Å². The second-order valence-corrected chi connectivity index (χ2v) is 7.92. The van der Waals surface area contributed by atoms with Crippen molar-refractivity contribution in [3.63, 3.8) is 0 Å². The van der Waals surface area contributed by atoms with Gasteiger partial charge in [0.15, 0.2) is 0 Å². The van der Waals surface area contributed by atoms with Crippen LogP contribution in [0.25, 0.3) is 0 Å². The molecular formula is C18H21Cl2IN2O. The molecule has 6 heteroatoms. The second kappa shape index (κ2) is 8.39. The predicted molar refractivity (Wildman–Crippen MR) is 109 cm³/mol. The lowest BCUT2D eigenvalue weighted by atomic mass is 9.76. The van der Waals surface area contributed by atoms with E-state index in [-0.39, 0.29) is 0 Å². The Morgan fingerprint density at radius 3 is 2.88 bits per heavy atom. The van der Waals surface area contributed by atoms with Crippen LogP contribution in [0.5, 0.6) is 0 Å². The Morgan fingerprint density at radius 1 is 1.33 bits per heavy atom. The number of oxime groups is 1. The lowest BCUT2D eigenvalue weighted by molar-refractivity contribution is 0.114. The van der Waals surface area contributed by atoms with Crippen LogP contribution < -0.4 is 0 Å². The van der Waals surface area contributed by atoms with E-state index in [4.69, 9.17) is 28.0 Å². The number of nitrogens with zero attached hydrogens (tertiary/aromatic N) is 2. The molecule has 2 saturated heterocycles. The maximum atomic E-state index is 6.26. The van der Waals surface area contributed by atoms with Gasteiger partial charge < -0.3 is 4.84 Å². The summed E-state index contributed by atoms with van der Waals surface area (Å²) in [5, 5.41) is 5.34. The topological polar surface area (TPSA) is 24.8 Å². The molecule has 2 bridgehead atoms. The van der Waals surface area contributed by atoms with E-state index in [9.17, 15) is 0 Å². The number of rotatable bonds is 5. The molecule has 2 aliphatic heterocycles. The molecule has 2 heterocycles. The Hall–Kier alpha value is -0.300. The largest absolute Gasteiger partial charge is 0.399 e. The zero-order valence-electron chi connectivity index (χ0n) is 13.5. The van der Waals surface area contributed by atoms with Gasteiger partial charge in [0.25, 0.3) is 0 Å². The zero-order valence-corrected chi connectivity index (χ0v) is 17.2. The van der Waals surface area contributed by atoms with Crippen LogP contribution in [0.2, 0.25) is 10.0 Å². The second-order valence-electron chi connectivity index (χ2n) is 6.39. The van der Waals surface area contributed by atoms with Crippen molar-refractivity contribution in [2.45, 2.75) is 37.3 Å². The van der Waals surface area contributed by atoms with Crippen molar-refractivity contribution in [2.75, 3.05) is 13.7 Å². The number of hydrogen-bond donors (Lipinski definition) is 0. The number of fused-ring (bicyclic) bond motifs is 2. The summed E-state index contributed by atoms with van der Waals surface area (Å²) in [5.41, 5.74) is 1.25. The summed E-state index contributed by atoms with van der Waals surface area (Å²) in [7, 11) is 1.60. The van der Waals surface area contributed by atoms with Crippen LogP contribution in [0.1, 0.15) is 30.7 Å². The molecule has 1 aromatic rings. The maximum Gasteiger partial charge on any atom is 0.106 e. The zero-order chi connectivity index (χ0) is 17.1. The Morgan fingerprint density at radius 2 is 2.17 bits per heavy atom. The van der Waals surface area contributed by atoms with Gasteiger partial charge in [0.1, 0.15) is 7.11 Å². The Bertz CT molecular complexity index is 637. The lowest BCUT2D eigenvalue weighted by Gasteiger charge is -2.43. The Labute approximate surface area is 167 Å². The van der Waals surface area contributed by atoms with Crippen molar-refractivity contribution in [3.05, 3.63) is 44.0 Å². The van der Waals surface area contributed by atoms with Crippen molar-refractivity contribution in [3.8, 4) is 0 Å². The van der Waals surface area contributed by atoms with E-state index < -0.39 is 0 Å². The summed E-state index contributed by atoms with van der Waals surface area (Å²) in [6.07, 6.45) is 7.78. The molecule has 4 atom stereocenters. The summed E-state index contributed by atoms with van der Waals surface area (Å²) in [4.78, 5) is 7.60. The fraction of sp³-hybridized carbons (Fsp3) is 0.500.